The largest absolute Gasteiger partial charge is 0.467 e. The Labute approximate surface area is 189 Å². The van der Waals surface area contributed by atoms with Gasteiger partial charge in [0.15, 0.2) is 0 Å². The van der Waals surface area contributed by atoms with Gasteiger partial charge in [0, 0.05) is 5.92 Å². The zero-order chi connectivity index (χ0) is 23.9. The van der Waals surface area contributed by atoms with Gasteiger partial charge in [-0.2, -0.15) is 4.72 Å². The molecule has 3 atom stereocenters. The summed E-state index contributed by atoms with van der Waals surface area (Å²) in [6.07, 6.45) is 1.55. The summed E-state index contributed by atoms with van der Waals surface area (Å²) in [6, 6.07) is 13.2. The Hall–Kier alpha value is -2.97. The molecule has 0 saturated carbocycles. The molecule has 1 amide bonds. The zero-order valence-corrected chi connectivity index (χ0v) is 19.6. The number of aryl methyl sites for hydroxylation is 1. The van der Waals surface area contributed by atoms with Crippen LogP contribution in [0.5, 0.6) is 0 Å². The van der Waals surface area contributed by atoms with Crippen LogP contribution in [0.4, 0.5) is 0 Å². The van der Waals surface area contributed by atoms with Gasteiger partial charge in [-0.3, -0.25) is 4.79 Å². The molecule has 2 aromatic rings. The SMILES string of the molecule is C=C[C@H](c1ccccc1)[C@@H](NC(=O)[C@@H](NS(=O)(=O)c1ccc(C)cc1)C(C)C)C(=O)OC. The van der Waals surface area contributed by atoms with E-state index in [1.165, 1.54) is 19.2 Å². The summed E-state index contributed by atoms with van der Waals surface area (Å²) in [6.45, 7) is 9.09. The van der Waals surface area contributed by atoms with Crippen molar-refractivity contribution in [2.75, 3.05) is 7.11 Å². The van der Waals surface area contributed by atoms with Crippen molar-refractivity contribution in [1.82, 2.24) is 10.0 Å². The molecule has 0 aromatic heterocycles. The first-order chi connectivity index (χ1) is 15.1. The van der Waals surface area contributed by atoms with Crippen molar-refractivity contribution in [3.63, 3.8) is 0 Å². The predicted octanol–water partition coefficient (Wildman–Crippen LogP) is 2.93. The van der Waals surface area contributed by atoms with E-state index in [0.717, 1.165) is 11.1 Å². The minimum Gasteiger partial charge on any atom is -0.467 e. The van der Waals surface area contributed by atoms with E-state index in [0.29, 0.717) is 0 Å². The van der Waals surface area contributed by atoms with Crippen molar-refractivity contribution >= 4 is 21.9 Å². The highest BCUT2D eigenvalue weighted by Gasteiger charge is 2.35. The maximum Gasteiger partial charge on any atom is 0.329 e. The van der Waals surface area contributed by atoms with Crippen molar-refractivity contribution in [2.45, 2.75) is 43.7 Å². The minimum atomic E-state index is -3.95. The third-order valence-electron chi connectivity index (χ3n) is 5.11. The quantitative estimate of drug-likeness (QED) is 0.421. The molecule has 32 heavy (non-hydrogen) atoms. The van der Waals surface area contributed by atoms with Crippen molar-refractivity contribution in [3.05, 3.63) is 78.4 Å². The molecule has 0 heterocycles. The number of benzene rings is 2. The van der Waals surface area contributed by atoms with Crippen LogP contribution in [0.1, 0.15) is 30.9 Å². The molecule has 2 aromatic carbocycles. The maximum absolute atomic E-state index is 13.2. The van der Waals surface area contributed by atoms with Gasteiger partial charge in [0.1, 0.15) is 12.1 Å². The second-order valence-corrected chi connectivity index (χ2v) is 9.55. The molecular weight excluding hydrogens is 428 g/mol. The zero-order valence-electron chi connectivity index (χ0n) is 18.7. The second-order valence-electron chi connectivity index (χ2n) is 7.84. The monoisotopic (exact) mass is 458 g/mol. The molecule has 2 rings (SSSR count). The maximum atomic E-state index is 13.2. The smallest absolute Gasteiger partial charge is 0.329 e. The lowest BCUT2D eigenvalue weighted by Gasteiger charge is -2.28. The van der Waals surface area contributed by atoms with Crippen molar-refractivity contribution in [3.8, 4) is 0 Å². The second kappa shape index (κ2) is 11.1. The van der Waals surface area contributed by atoms with Gasteiger partial charge in [0.05, 0.1) is 12.0 Å². The number of carbonyl (C=O) groups excluding carboxylic acids is 2. The molecule has 0 spiro atoms. The molecule has 0 fully saturated rings. The number of ether oxygens (including phenoxy) is 1. The van der Waals surface area contributed by atoms with E-state index in [4.69, 9.17) is 4.74 Å². The lowest BCUT2D eigenvalue weighted by molar-refractivity contribution is -0.145. The third-order valence-corrected chi connectivity index (χ3v) is 6.57. The fourth-order valence-corrected chi connectivity index (χ4v) is 4.59. The van der Waals surface area contributed by atoms with Gasteiger partial charge in [0.2, 0.25) is 15.9 Å². The van der Waals surface area contributed by atoms with Gasteiger partial charge in [-0.05, 0) is 30.5 Å². The summed E-state index contributed by atoms with van der Waals surface area (Å²) in [4.78, 5) is 25.7. The number of sulfonamides is 1. The molecule has 172 valence electrons. The van der Waals surface area contributed by atoms with Crippen LogP contribution in [-0.4, -0.2) is 39.5 Å². The van der Waals surface area contributed by atoms with Gasteiger partial charge in [-0.15, -0.1) is 6.58 Å². The predicted molar refractivity (Wildman–Crippen MR) is 123 cm³/mol. The average molecular weight is 459 g/mol. The molecule has 7 nitrogen and oxygen atoms in total. The van der Waals surface area contributed by atoms with Crippen LogP contribution in [-0.2, 0) is 24.3 Å². The number of hydrogen-bond acceptors (Lipinski definition) is 5. The summed E-state index contributed by atoms with van der Waals surface area (Å²) in [5.74, 6) is -2.23. The Kier molecular flexibility index (Phi) is 8.74. The van der Waals surface area contributed by atoms with E-state index >= 15 is 0 Å². The van der Waals surface area contributed by atoms with Crippen molar-refractivity contribution in [2.24, 2.45) is 5.92 Å². The first-order valence-corrected chi connectivity index (χ1v) is 11.7. The molecule has 8 heteroatoms. The van der Waals surface area contributed by atoms with E-state index in [-0.39, 0.29) is 10.8 Å². The summed E-state index contributed by atoms with van der Waals surface area (Å²) in [5, 5.41) is 2.67. The van der Waals surface area contributed by atoms with Crippen LogP contribution in [0.3, 0.4) is 0 Å². The van der Waals surface area contributed by atoms with Gasteiger partial charge in [0.25, 0.3) is 0 Å². The van der Waals surface area contributed by atoms with E-state index in [9.17, 15) is 18.0 Å². The fraction of sp³-hybridized carbons (Fsp3) is 0.333. The standard InChI is InChI=1S/C24H30N2O5S/c1-6-20(18-10-8-7-9-11-18)22(24(28)31-5)25-23(27)21(16(2)3)26-32(29,30)19-14-12-17(4)13-15-19/h6-16,20-22,26H,1H2,2-5H3,(H,25,27)/t20-,21+,22-/m1/s1. The molecule has 0 aliphatic rings. The van der Waals surface area contributed by atoms with E-state index in [1.807, 2.05) is 37.3 Å². The Morgan fingerprint density at radius 3 is 2.09 bits per heavy atom. The van der Waals surface area contributed by atoms with E-state index in [1.54, 1.807) is 32.1 Å². The van der Waals surface area contributed by atoms with Crippen LogP contribution in [0.15, 0.2) is 72.1 Å². The molecule has 0 aliphatic heterocycles. The Morgan fingerprint density at radius 2 is 1.59 bits per heavy atom. The number of carbonyl (C=O) groups is 2. The number of hydrogen-bond donors (Lipinski definition) is 2. The summed E-state index contributed by atoms with van der Waals surface area (Å²) < 4.78 is 33.1. The van der Waals surface area contributed by atoms with Crippen LogP contribution < -0.4 is 10.0 Å². The highest BCUT2D eigenvalue weighted by molar-refractivity contribution is 7.89. The number of methoxy groups -OCH3 is 1. The number of esters is 1. The van der Waals surface area contributed by atoms with Gasteiger partial charge in [-0.1, -0.05) is 68.0 Å². The Bertz CT molecular complexity index is 1030. The van der Waals surface area contributed by atoms with E-state index < -0.39 is 39.9 Å². The van der Waals surface area contributed by atoms with Gasteiger partial charge >= 0.3 is 5.97 Å². The lowest BCUT2D eigenvalue weighted by atomic mass is 9.91. The highest BCUT2D eigenvalue weighted by Crippen LogP contribution is 2.22. The number of amides is 1. The summed E-state index contributed by atoms with van der Waals surface area (Å²) in [7, 11) is -2.72. The molecule has 0 bridgehead atoms. The summed E-state index contributed by atoms with van der Waals surface area (Å²) >= 11 is 0. The summed E-state index contributed by atoms with van der Waals surface area (Å²) in [5.41, 5.74) is 1.68. The van der Waals surface area contributed by atoms with Gasteiger partial charge < -0.3 is 10.1 Å². The first-order valence-electron chi connectivity index (χ1n) is 10.3. The molecule has 0 saturated heterocycles. The van der Waals surface area contributed by atoms with Crippen LogP contribution in [0.25, 0.3) is 0 Å². The molecular formula is C24H30N2O5S. The normalized spacial score (nSPS) is 14.3. The fourth-order valence-electron chi connectivity index (χ4n) is 3.25. The van der Waals surface area contributed by atoms with E-state index in [2.05, 4.69) is 16.6 Å². The van der Waals surface area contributed by atoms with Crippen LogP contribution in [0, 0.1) is 12.8 Å². The lowest BCUT2D eigenvalue weighted by Crippen LogP contribution is -2.55. The molecule has 2 N–H and O–H groups in total. The Morgan fingerprint density at radius 1 is 1.00 bits per heavy atom. The first kappa shape index (κ1) is 25.3. The molecule has 0 aliphatic carbocycles. The number of rotatable bonds is 10. The van der Waals surface area contributed by atoms with Crippen LogP contribution in [0.2, 0.25) is 0 Å². The number of nitrogens with one attached hydrogen (secondary N) is 2. The minimum absolute atomic E-state index is 0.0549. The molecule has 0 radical (unpaired) electrons. The van der Waals surface area contributed by atoms with Crippen molar-refractivity contribution in [1.29, 1.82) is 0 Å². The van der Waals surface area contributed by atoms with Crippen molar-refractivity contribution < 1.29 is 22.7 Å². The van der Waals surface area contributed by atoms with Crippen LogP contribution >= 0.6 is 0 Å². The average Bonchev–Trinajstić information content (AvgIpc) is 2.77. The third kappa shape index (κ3) is 6.27. The van der Waals surface area contributed by atoms with Gasteiger partial charge in [-0.25, -0.2) is 13.2 Å². The Balaban J connectivity index is 2.31. The molecule has 0 unspecified atom stereocenters. The topological polar surface area (TPSA) is 102 Å². The highest BCUT2D eigenvalue weighted by atomic mass is 32.2.